The van der Waals surface area contributed by atoms with Crippen molar-refractivity contribution < 1.29 is 23.9 Å². The zero-order valence-electron chi connectivity index (χ0n) is 18.5. The Morgan fingerprint density at radius 1 is 1.00 bits per heavy atom. The number of ether oxygens (including phenoxy) is 1. The van der Waals surface area contributed by atoms with Gasteiger partial charge in [0.25, 0.3) is 11.8 Å². The average molecular weight is 437 g/mol. The van der Waals surface area contributed by atoms with E-state index >= 15 is 0 Å². The monoisotopic (exact) mass is 436 g/mol. The third kappa shape index (κ3) is 5.60. The van der Waals surface area contributed by atoms with Gasteiger partial charge in [-0.2, -0.15) is 0 Å². The van der Waals surface area contributed by atoms with Gasteiger partial charge in [-0.15, -0.1) is 0 Å². The Morgan fingerprint density at radius 2 is 1.72 bits per heavy atom. The van der Waals surface area contributed by atoms with Crippen LogP contribution in [0.5, 0.6) is 0 Å². The summed E-state index contributed by atoms with van der Waals surface area (Å²) in [5, 5.41) is 2.73. The number of rotatable bonds is 10. The van der Waals surface area contributed by atoms with Gasteiger partial charge in [-0.05, 0) is 43.5 Å². The van der Waals surface area contributed by atoms with Crippen molar-refractivity contribution in [1.82, 2.24) is 10.2 Å². The van der Waals surface area contributed by atoms with Crippen LogP contribution in [-0.4, -0.2) is 48.3 Å². The Kier molecular flexibility index (Phi) is 7.76. The fraction of sp³-hybridized carbons (Fsp3) is 0.360. The van der Waals surface area contributed by atoms with Crippen LogP contribution < -0.4 is 5.32 Å². The minimum Gasteiger partial charge on any atom is -0.460 e. The summed E-state index contributed by atoms with van der Waals surface area (Å²) < 4.78 is 5.20. The van der Waals surface area contributed by atoms with Crippen molar-refractivity contribution >= 4 is 23.7 Å². The SMILES string of the molecule is CCCCN1C(=O)c2ccc(C(=O)OCCNC(=O)CCc3ccc(C)cc3)cc2C1=O. The highest BCUT2D eigenvalue weighted by Crippen LogP contribution is 2.24. The fourth-order valence-corrected chi connectivity index (χ4v) is 3.46. The number of imide groups is 1. The molecule has 3 amide bonds. The topological polar surface area (TPSA) is 92.8 Å². The van der Waals surface area contributed by atoms with Gasteiger partial charge in [0.2, 0.25) is 5.91 Å². The lowest BCUT2D eigenvalue weighted by Gasteiger charge is -2.12. The first-order valence-electron chi connectivity index (χ1n) is 10.9. The van der Waals surface area contributed by atoms with E-state index in [9.17, 15) is 19.2 Å². The predicted molar refractivity (Wildman–Crippen MR) is 120 cm³/mol. The third-order valence-corrected chi connectivity index (χ3v) is 5.36. The molecule has 3 rings (SSSR count). The normalized spacial score (nSPS) is 12.6. The van der Waals surface area contributed by atoms with Crippen LogP contribution in [0.3, 0.4) is 0 Å². The van der Waals surface area contributed by atoms with Crippen LogP contribution in [0.15, 0.2) is 42.5 Å². The highest BCUT2D eigenvalue weighted by atomic mass is 16.5. The van der Waals surface area contributed by atoms with E-state index in [1.807, 2.05) is 38.1 Å². The van der Waals surface area contributed by atoms with E-state index in [-0.39, 0.29) is 42.0 Å². The van der Waals surface area contributed by atoms with Crippen LogP contribution in [-0.2, 0) is 16.0 Å². The van der Waals surface area contributed by atoms with Gasteiger partial charge in [0.05, 0.1) is 23.2 Å². The minimum atomic E-state index is -0.603. The lowest BCUT2D eigenvalue weighted by molar-refractivity contribution is -0.121. The number of hydrogen-bond acceptors (Lipinski definition) is 5. The van der Waals surface area contributed by atoms with Crippen LogP contribution >= 0.6 is 0 Å². The molecule has 0 atom stereocenters. The van der Waals surface area contributed by atoms with E-state index in [0.29, 0.717) is 24.9 Å². The van der Waals surface area contributed by atoms with E-state index in [1.165, 1.54) is 28.7 Å². The molecule has 0 spiro atoms. The van der Waals surface area contributed by atoms with Gasteiger partial charge >= 0.3 is 5.97 Å². The summed E-state index contributed by atoms with van der Waals surface area (Å²) in [5.74, 6) is -1.43. The second-order valence-electron chi connectivity index (χ2n) is 7.85. The molecular weight excluding hydrogens is 408 g/mol. The van der Waals surface area contributed by atoms with Crippen LogP contribution in [0.2, 0.25) is 0 Å². The summed E-state index contributed by atoms with van der Waals surface area (Å²) in [5.41, 5.74) is 3.00. The van der Waals surface area contributed by atoms with Crippen LogP contribution in [0, 0.1) is 6.92 Å². The number of carbonyl (C=O) groups excluding carboxylic acids is 4. The summed E-state index contributed by atoms with van der Waals surface area (Å²) >= 11 is 0. The van der Waals surface area contributed by atoms with Gasteiger partial charge in [0.15, 0.2) is 0 Å². The molecule has 0 fully saturated rings. The van der Waals surface area contributed by atoms with Crippen LogP contribution in [0.4, 0.5) is 0 Å². The maximum Gasteiger partial charge on any atom is 0.338 e. The number of unbranched alkanes of at least 4 members (excludes halogenated alkanes) is 1. The maximum atomic E-state index is 12.5. The highest BCUT2D eigenvalue weighted by molar-refractivity contribution is 6.21. The minimum absolute atomic E-state index is 0.0156. The number of aryl methyl sites for hydroxylation is 2. The molecule has 1 aliphatic rings. The molecule has 0 aromatic heterocycles. The molecule has 0 saturated carbocycles. The first-order valence-corrected chi connectivity index (χ1v) is 10.9. The lowest BCUT2D eigenvalue weighted by Crippen LogP contribution is -2.30. The molecule has 0 saturated heterocycles. The van der Waals surface area contributed by atoms with E-state index in [0.717, 1.165) is 18.4 Å². The zero-order valence-corrected chi connectivity index (χ0v) is 18.5. The number of fused-ring (bicyclic) bond motifs is 1. The van der Waals surface area contributed by atoms with E-state index in [4.69, 9.17) is 4.74 Å². The van der Waals surface area contributed by atoms with Gasteiger partial charge in [-0.25, -0.2) is 4.79 Å². The molecule has 1 heterocycles. The molecule has 0 unspecified atom stereocenters. The smallest absolute Gasteiger partial charge is 0.338 e. The van der Waals surface area contributed by atoms with Crippen molar-refractivity contribution in [2.24, 2.45) is 0 Å². The fourth-order valence-electron chi connectivity index (χ4n) is 3.46. The second kappa shape index (κ2) is 10.7. The Morgan fingerprint density at radius 3 is 2.44 bits per heavy atom. The molecule has 2 aromatic carbocycles. The molecule has 168 valence electrons. The van der Waals surface area contributed by atoms with Gasteiger partial charge < -0.3 is 10.1 Å². The Balaban J connectivity index is 1.44. The average Bonchev–Trinajstić information content (AvgIpc) is 3.03. The van der Waals surface area contributed by atoms with Crippen molar-refractivity contribution in [2.45, 2.75) is 39.5 Å². The molecule has 1 N–H and O–H groups in total. The number of nitrogens with zero attached hydrogens (tertiary/aromatic N) is 1. The second-order valence-corrected chi connectivity index (χ2v) is 7.85. The van der Waals surface area contributed by atoms with Crippen molar-refractivity contribution in [1.29, 1.82) is 0 Å². The third-order valence-electron chi connectivity index (χ3n) is 5.36. The van der Waals surface area contributed by atoms with Crippen molar-refractivity contribution in [3.05, 3.63) is 70.3 Å². The van der Waals surface area contributed by atoms with Gasteiger partial charge in [0.1, 0.15) is 6.61 Å². The largest absolute Gasteiger partial charge is 0.460 e. The molecular formula is C25H28N2O5. The maximum absolute atomic E-state index is 12.5. The standard InChI is InChI=1S/C25H28N2O5/c1-3-4-14-27-23(29)20-11-10-19(16-21(20)24(27)30)25(31)32-15-13-26-22(28)12-9-18-7-5-17(2)6-8-18/h5-8,10-11,16H,3-4,9,12-15H2,1-2H3,(H,26,28). The van der Waals surface area contributed by atoms with Crippen molar-refractivity contribution in [2.75, 3.05) is 19.7 Å². The van der Waals surface area contributed by atoms with E-state index in [2.05, 4.69) is 5.32 Å². The summed E-state index contributed by atoms with van der Waals surface area (Å²) in [6.07, 6.45) is 2.60. The van der Waals surface area contributed by atoms with Gasteiger partial charge in [-0.3, -0.25) is 19.3 Å². The summed E-state index contributed by atoms with van der Waals surface area (Å²) in [7, 11) is 0. The Labute approximate surface area is 187 Å². The lowest BCUT2D eigenvalue weighted by atomic mass is 10.1. The Hall–Kier alpha value is -3.48. The first kappa shape index (κ1) is 23.2. The van der Waals surface area contributed by atoms with Crippen LogP contribution in [0.25, 0.3) is 0 Å². The molecule has 0 radical (unpaired) electrons. The first-order chi connectivity index (χ1) is 15.4. The predicted octanol–water partition coefficient (Wildman–Crippen LogP) is 3.30. The van der Waals surface area contributed by atoms with Gasteiger partial charge in [0, 0.05) is 13.0 Å². The molecule has 7 nitrogen and oxygen atoms in total. The number of carbonyl (C=O) groups is 4. The number of amides is 3. The molecule has 32 heavy (non-hydrogen) atoms. The number of benzene rings is 2. The van der Waals surface area contributed by atoms with Crippen LogP contribution in [0.1, 0.15) is 68.4 Å². The number of hydrogen-bond donors (Lipinski definition) is 1. The molecule has 7 heteroatoms. The van der Waals surface area contributed by atoms with Crippen molar-refractivity contribution in [3.8, 4) is 0 Å². The van der Waals surface area contributed by atoms with E-state index in [1.54, 1.807) is 0 Å². The molecule has 0 aliphatic carbocycles. The summed E-state index contributed by atoms with van der Waals surface area (Å²) in [4.78, 5) is 50.4. The summed E-state index contributed by atoms with van der Waals surface area (Å²) in [6.45, 7) is 4.58. The number of nitrogens with one attached hydrogen (secondary N) is 1. The van der Waals surface area contributed by atoms with E-state index < -0.39 is 5.97 Å². The van der Waals surface area contributed by atoms with Gasteiger partial charge in [-0.1, -0.05) is 43.2 Å². The molecule has 0 bridgehead atoms. The summed E-state index contributed by atoms with van der Waals surface area (Å²) in [6, 6.07) is 12.4. The number of esters is 1. The van der Waals surface area contributed by atoms with Crippen molar-refractivity contribution in [3.63, 3.8) is 0 Å². The zero-order chi connectivity index (χ0) is 23.1. The molecule has 2 aromatic rings. The quantitative estimate of drug-likeness (QED) is 0.350. The Bertz CT molecular complexity index is 1010. The highest BCUT2D eigenvalue weighted by Gasteiger charge is 2.35. The molecule has 1 aliphatic heterocycles.